The van der Waals surface area contributed by atoms with Gasteiger partial charge in [0.05, 0.1) is 6.42 Å². The molecule has 3 aliphatic rings. The first kappa shape index (κ1) is 17.7. The van der Waals surface area contributed by atoms with Crippen LogP contribution in [0.5, 0.6) is 5.75 Å². The van der Waals surface area contributed by atoms with Crippen molar-refractivity contribution < 1.29 is 33.8 Å². The minimum absolute atomic E-state index is 0.0439. The van der Waals surface area contributed by atoms with Crippen molar-refractivity contribution in [1.82, 2.24) is 10.2 Å². The number of carbonyl (C=O) groups is 4. The van der Waals surface area contributed by atoms with Crippen LogP contribution in [-0.2, 0) is 23.9 Å². The fraction of sp³-hybridized carbons (Fsp3) is 0.412. The number of nitrogens with zero attached hydrogens (tertiary/aromatic N) is 1. The number of ether oxygens (including phenoxy) is 2. The van der Waals surface area contributed by atoms with Gasteiger partial charge in [-0.15, -0.1) is 11.8 Å². The molecule has 10 heteroatoms. The van der Waals surface area contributed by atoms with E-state index in [1.165, 1.54) is 11.8 Å². The standard InChI is InChI=1S/C17H16N2O7S/c20-11(7-25-10-4-2-1-3-5-10)18-13-14(22)19-15(13)27-8-9-6-12(21)26-17(9,19)16(23)24/h1-5,9,13,15H,6-8H2,(H,18,20)(H,23,24)/t9-,13-,15-,17+/m1/s1. The molecule has 3 saturated heterocycles. The van der Waals surface area contributed by atoms with Gasteiger partial charge >= 0.3 is 11.9 Å². The van der Waals surface area contributed by atoms with Gasteiger partial charge in [-0.05, 0) is 12.1 Å². The summed E-state index contributed by atoms with van der Waals surface area (Å²) in [5.41, 5.74) is -1.97. The Morgan fingerprint density at radius 1 is 1.33 bits per heavy atom. The van der Waals surface area contributed by atoms with Crippen molar-refractivity contribution in [3.63, 3.8) is 0 Å². The Bertz CT molecular complexity index is 817. The molecule has 0 aliphatic carbocycles. The van der Waals surface area contributed by atoms with Crippen LogP contribution in [-0.4, -0.2) is 63.3 Å². The number of benzene rings is 1. The third-order valence-electron chi connectivity index (χ3n) is 4.84. The molecule has 9 nitrogen and oxygen atoms in total. The smallest absolute Gasteiger partial charge is 0.370 e. The van der Waals surface area contributed by atoms with Gasteiger partial charge in [0.25, 0.3) is 17.5 Å². The predicted molar refractivity (Wildman–Crippen MR) is 91.5 cm³/mol. The molecule has 1 aromatic rings. The van der Waals surface area contributed by atoms with Crippen molar-refractivity contribution in [2.75, 3.05) is 12.4 Å². The highest BCUT2D eigenvalue weighted by atomic mass is 32.2. The number of rotatable bonds is 5. The van der Waals surface area contributed by atoms with Crippen LogP contribution in [0, 0.1) is 5.92 Å². The number of esters is 1. The second-order valence-electron chi connectivity index (χ2n) is 6.46. The molecule has 3 aliphatic heterocycles. The van der Waals surface area contributed by atoms with E-state index in [1.54, 1.807) is 24.3 Å². The van der Waals surface area contributed by atoms with E-state index in [1.807, 2.05) is 6.07 Å². The normalized spacial score (nSPS) is 31.3. The Kier molecular flexibility index (Phi) is 4.22. The summed E-state index contributed by atoms with van der Waals surface area (Å²) in [4.78, 5) is 49.3. The maximum Gasteiger partial charge on any atom is 0.370 e. The SMILES string of the molecule is O=C(COc1ccccc1)N[C@@H]1C(=O)N2[C@@H]1SC[C@H]1CC(=O)O[C@]12C(=O)O. The third-order valence-corrected chi connectivity index (χ3v) is 6.26. The Balaban J connectivity index is 1.42. The monoisotopic (exact) mass is 392 g/mol. The molecule has 4 rings (SSSR count). The molecule has 0 bridgehead atoms. The van der Waals surface area contributed by atoms with Crippen LogP contribution in [0.25, 0.3) is 0 Å². The summed E-state index contributed by atoms with van der Waals surface area (Å²) in [6.45, 7) is -0.271. The molecule has 0 radical (unpaired) electrons. The number of fused-ring (bicyclic) bond motifs is 3. The van der Waals surface area contributed by atoms with E-state index in [2.05, 4.69) is 5.32 Å². The molecule has 1 aromatic carbocycles. The minimum atomic E-state index is -1.97. The highest BCUT2D eigenvalue weighted by Crippen LogP contribution is 2.51. The molecule has 2 N–H and O–H groups in total. The Labute approximate surface area is 158 Å². The van der Waals surface area contributed by atoms with Crippen LogP contribution < -0.4 is 10.1 Å². The van der Waals surface area contributed by atoms with Gasteiger partial charge in [-0.3, -0.25) is 19.3 Å². The van der Waals surface area contributed by atoms with Crippen LogP contribution in [0.4, 0.5) is 0 Å². The number of β-lactam (4-membered cyclic amide) rings is 1. The first-order valence-electron chi connectivity index (χ1n) is 8.30. The summed E-state index contributed by atoms with van der Waals surface area (Å²) in [7, 11) is 0. The highest BCUT2D eigenvalue weighted by Gasteiger charge is 2.71. The molecule has 0 spiro atoms. The van der Waals surface area contributed by atoms with Crippen molar-refractivity contribution in [3.05, 3.63) is 30.3 Å². The maximum atomic E-state index is 12.6. The zero-order valence-corrected chi connectivity index (χ0v) is 14.8. The molecular weight excluding hydrogens is 376 g/mol. The molecule has 3 heterocycles. The number of carbonyl (C=O) groups excluding carboxylic acids is 3. The summed E-state index contributed by atoms with van der Waals surface area (Å²) < 4.78 is 10.4. The largest absolute Gasteiger partial charge is 0.484 e. The van der Waals surface area contributed by atoms with Crippen molar-refractivity contribution >= 4 is 35.5 Å². The van der Waals surface area contributed by atoms with E-state index >= 15 is 0 Å². The number of amides is 2. The van der Waals surface area contributed by atoms with Gasteiger partial charge in [0.2, 0.25) is 0 Å². The quantitative estimate of drug-likeness (QED) is 0.522. The Morgan fingerprint density at radius 2 is 2.07 bits per heavy atom. The molecule has 2 amide bonds. The molecule has 0 aromatic heterocycles. The lowest BCUT2D eigenvalue weighted by atomic mass is 9.89. The van der Waals surface area contributed by atoms with Gasteiger partial charge in [-0.25, -0.2) is 4.79 Å². The lowest BCUT2D eigenvalue weighted by Gasteiger charge is -2.56. The summed E-state index contributed by atoms with van der Waals surface area (Å²) in [5, 5.41) is 11.6. The lowest BCUT2D eigenvalue weighted by molar-refractivity contribution is -0.216. The van der Waals surface area contributed by atoms with Crippen LogP contribution in [0.1, 0.15) is 6.42 Å². The number of nitrogens with one attached hydrogen (secondary N) is 1. The number of carboxylic acid groups (broad SMARTS) is 1. The van der Waals surface area contributed by atoms with Crippen LogP contribution >= 0.6 is 11.8 Å². The molecule has 142 valence electrons. The van der Waals surface area contributed by atoms with Crippen molar-refractivity contribution in [2.45, 2.75) is 23.6 Å². The fourth-order valence-corrected chi connectivity index (χ4v) is 5.15. The summed E-state index contributed by atoms with van der Waals surface area (Å²) >= 11 is 1.33. The number of hydrogen-bond acceptors (Lipinski definition) is 7. The second kappa shape index (κ2) is 6.45. The minimum Gasteiger partial charge on any atom is -0.484 e. The van der Waals surface area contributed by atoms with Crippen molar-refractivity contribution in [2.24, 2.45) is 5.92 Å². The Morgan fingerprint density at radius 3 is 2.78 bits per heavy atom. The molecule has 3 fully saturated rings. The third kappa shape index (κ3) is 2.71. The zero-order chi connectivity index (χ0) is 19.2. The molecule has 0 unspecified atom stereocenters. The number of aliphatic carboxylic acids is 1. The average Bonchev–Trinajstić information content (AvgIpc) is 3.00. The summed E-state index contributed by atoms with van der Waals surface area (Å²) in [6.07, 6.45) is -0.0439. The van der Waals surface area contributed by atoms with Crippen LogP contribution in [0.2, 0.25) is 0 Å². The number of hydrogen-bond donors (Lipinski definition) is 2. The molecular formula is C17H16N2O7S. The van der Waals surface area contributed by atoms with E-state index < -0.39 is 46.8 Å². The topological polar surface area (TPSA) is 122 Å². The summed E-state index contributed by atoms with van der Waals surface area (Å²) in [6, 6.07) is 7.87. The van der Waals surface area contributed by atoms with E-state index in [-0.39, 0.29) is 13.0 Å². The van der Waals surface area contributed by atoms with Crippen LogP contribution in [0.3, 0.4) is 0 Å². The highest BCUT2D eigenvalue weighted by molar-refractivity contribution is 8.00. The molecule has 27 heavy (non-hydrogen) atoms. The first-order valence-corrected chi connectivity index (χ1v) is 9.35. The first-order chi connectivity index (χ1) is 12.9. The fourth-order valence-electron chi connectivity index (χ4n) is 3.59. The van der Waals surface area contributed by atoms with Gasteiger partial charge < -0.3 is 19.9 Å². The maximum absolute atomic E-state index is 12.6. The summed E-state index contributed by atoms with van der Waals surface area (Å²) in [5.74, 6) is -2.82. The van der Waals surface area contributed by atoms with Crippen LogP contribution in [0.15, 0.2) is 30.3 Å². The van der Waals surface area contributed by atoms with E-state index in [9.17, 15) is 24.3 Å². The van der Waals surface area contributed by atoms with Crippen molar-refractivity contribution in [3.8, 4) is 5.75 Å². The number of para-hydroxylation sites is 1. The van der Waals surface area contributed by atoms with Gasteiger partial charge in [0.15, 0.2) is 6.61 Å². The average molecular weight is 392 g/mol. The number of carboxylic acids is 1. The van der Waals surface area contributed by atoms with Crippen molar-refractivity contribution in [1.29, 1.82) is 0 Å². The van der Waals surface area contributed by atoms with Gasteiger partial charge in [-0.1, -0.05) is 18.2 Å². The zero-order valence-electron chi connectivity index (χ0n) is 14.0. The van der Waals surface area contributed by atoms with E-state index in [4.69, 9.17) is 9.47 Å². The predicted octanol–water partition coefficient (Wildman–Crippen LogP) is -0.191. The number of thioether (sulfide) groups is 1. The lowest BCUT2D eigenvalue weighted by Crippen LogP contribution is -2.80. The van der Waals surface area contributed by atoms with E-state index in [0.29, 0.717) is 11.5 Å². The molecule has 0 saturated carbocycles. The Hall–Kier alpha value is -2.75. The van der Waals surface area contributed by atoms with Gasteiger partial charge in [0, 0.05) is 11.7 Å². The molecule has 4 atom stereocenters. The second-order valence-corrected chi connectivity index (χ2v) is 7.61. The van der Waals surface area contributed by atoms with Gasteiger partial charge in [-0.2, -0.15) is 0 Å². The van der Waals surface area contributed by atoms with Gasteiger partial charge in [0.1, 0.15) is 17.2 Å². The van der Waals surface area contributed by atoms with E-state index in [0.717, 1.165) is 4.90 Å².